The summed E-state index contributed by atoms with van der Waals surface area (Å²) in [6, 6.07) is 0. The van der Waals surface area contributed by atoms with Gasteiger partial charge in [0.05, 0.1) is 32.7 Å². The zero-order chi connectivity index (χ0) is 25.6. The molecule has 1 N–H and O–H groups in total. The maximum absolute atomic E-state index is 13.1. The molecule has 0 radical (unpaired) electrons. The van der Waals surface area contributed by atoms with Crippen LogP contribution in [0, 0.1) is 53.3 Å². The molecule has 206 valence electrons. The van der Waals surface area contributed by atoms with E-state index >= 15 is 0 Å². The third kappa shape index (κ3) is 5.58. The third-order valence-electron chi connectivity index (χ3n) is 11.3. The monoisotopic (exact) mass is 516 g/mol. The molecule has 6 aliphatic rings. The van der Waals surface area contributed by atoms with E-state index in [4.69, 9.17) is 14.2 Å². The van der Waals surface area contributed by atoms with Gasteiger partial charge < -0.3 is 19.3 Å². The number of aliphatic hydroxyl groups is 1. The Morgan fingerprint density at radius 1 is 0.568 bits per heavy atom. The van der Waals surface area contributed by atoms with Gasteiger partial charge in [-0.25, -0.2) is 4.79 Å². The number of ether oxygens (including phenoxy) is 3. The van der Waals surface area contributed by atoms with Gasteiger partial charge in [0.1, 0.15) is 0 Å². The molecule has 9 unspecified atom stereocenters. The third-order valence-corrected chi connectivity index (χ3v) is 11.3. The van der Waals surface area contributed by atoms with Gasteiger partial charge in [-0.15, -0.1) is 0 Å². The molecule has 0 amide bonds. The fourth-order valence-electron chi connectivity index (χ4n) is 9.25. The standard InChI is InChI=1S/C30H44O7/c31-27(35-15-24-10-18-1-4-21(24)7-18)13-30(34,29(33)37-17-26-12-20-3-6-23(26)9-20)14-28(32)36-16-25-11-19-2-5-22(25)8-19/h18-26,34H,1-17H2. The highest BCUT2D eigenvalue weighted by atomic mass is 16.6. The van der Waals surface area contributed by atoms with E-state index in [2.05, 4.69) is 0 Å². The van der Waals surface area contributed by atoms with Gasteiger partial charge in [-0.1, -0.05) is 19.3 Å². The number of esters is 3. The first-order valence-corrected chi connectivity index (χ1v) is 15.1. The second-order valence-electron chi connectivity index (χ2n) is 13.7. The summed E-state index contributed by atoms with van der Waals surface area (Å²) in [4.78, 5) is 38.7. The van der Waals surface area contributed by atoms with Crippen LogP contribution in [0.25, 0.3) is 0 Å². The van der Waals surface area contributed by atoms with Crippen molar-refractivity contribution in [1.82, 2.24) is 0 Å². The summed E-state index contributed by atoms with van der Waals surface area (Å²) >= 11 is 0. The molecule has 0 aromatic rings. The lowest BCUT2D eigenvalue weighted by Crippen LogP contribution is -2.45. The van der Waals surface area contributed by atoms with Gasteiger partial charge in [-0.2, -0.15) is 0 Å². The molecule has 0 aliphatic heterocycles. The topological polar surface area (TPSA) is 99.1 Å². The average Bonchev–Trinajstić information content (AvgIpc) is 3.72. The number of hydrogen-bond acceptors (Lipinski definition) is 7. The summed E-state index contributed by atoms with van der Waals surface area (Å²) in [7, 11) is 0. The van der Waals surface area contributed by atoms with Crippen LogP contribution < -0.4 is 0 Å². The molecule has 7 nitrogen and oxygen atoms in total. The molecule has 0 aromatic carbocycles. The van der Waals surface area contributed by atoms with Crippen molar-refractivity contribution in [3.63, 3.8) is 0 Å². The van der Waals surface area contributed by atoms with E-state index in [1.807, 2.05) is 0 Å². The Balaban J connectivity index is 1.03. The second kappa shape index (κ2) is 10.5. The minimum atomic E-state index is -2.25. The molecule has 6 rings (SSSR count). The molecule has 6 saturated carbocycles. The molecule has 7 heteroatoms. The first-order chi connectivity index (χ1) is 17.8. The Labute approximate surface area is 220 Å². The Morgan fingerprint density at radius 2 is 0.946 bits per heavy atom. The summed E-state index contributed by atoms with van der Waals surface area (Å²) in [6.07, 6.45) is 13.1. The number of fused-ring (bicyclic) bond motifs is 6. The van der Waals surface area contributed by atoms with Gasteiger partial charge in [0.25, 0.3) is 0 Å². The van der Waals surface area contributed by atoms with E-state index in [-0.39, 0.29) is 6.61 Å². The zero-order valence-corrected chi connectivity index (χ0v) is 22.1. The summed E-state index contributed by atoms with van der Waals surface area (Å²) in [5, 5.41) is 11.3. The summed E-state index contributed by atoms with van der Waals surface area (Å²) in [5.74, 6) is 2.86. The number of carbonyl (C=O) groups excluding carboxylic acids is 3. The quantitative estimate of drug-likeness (QED) is 0.320. The average molecular weight is 517 g/mol. The van der Waals surface area contributed by atoms with Crippen LogP contribution in [0.4, 0.5) is 0 Å². The summed E-state index contributed by atoms with van der Waals surface area (Å²) in [6.45, 7) is 0.887. The highest BCUT2D eigenvalue weighted by molar-refractivity contribution is 5.90. The Bertz CT molecular complexity index is 839. The molecule has 6 fully saturated rings. The fraction of sp³-hybridized carbons (Fsp3) is 0.900. The number of hydrogen-bond donors (Lipinski definition) is 1. The highest BCUT2D eigenvalue weighted by Crippen LogP contribution is 2.50. The minimum absolute atomic E-state index is 0.239. The Hall–Kier alpha value is -1.63. The lowest BCUT2D eigenvalue weighted by atomic mass is 9.89. The van der Waals surface area contributed by atoms with Crippen LogP contribution >= 0.6 is 0 Å². The molecule has 0 aromatic heterocycles. The predicted molar refractivity (Wildman–Crippen MR) is 134 cm³/mol. The Kier molecular flexibility index (Phi) is 7.28. The van der Waals surface area contributed by atoms with Crippen molar-refractivity contribution in [3.05, 3.63) is 0 Å². The van der Waals surface area contributed by atoms with Crippen molar-refractivity contribution in [2.24, 2.45) is 53.3 Å². The molecule has 0 heterocycles. The fourth-order valence-corrected chi connectivity index (χ4v) is 9.25. The molecule has 0 saturated heterocycles. The number of carbonyl (C=O) groups is 3. The normalized spacial score (nSPS) is 40.6. The molecule has 6 bridgehead atoms. The summed E-state index contributed by atoms with van der Waals surface area (Å²) < 4.78 is 16.7. The van der Waals surface area contributed by atoms with Crippen LogP contribution in [-0.4, -0.2) is 48.4 Å². The van der Waals surface area contributed by atoms with Gasteiger partial charge >= 0.3 is 17.9 Å². The van der Waals surface area contributed by atoms with Crippen LogP contribution in [0.2, 0.25) is 0 Å². The lowest BCUT2D eigenvalue weighted by molar-refractivity contribution is -0.180. The SMILES string of the molecule is O=C(CC(O)(CC(=O)OCC1CC2CCC1C2)C(=O)OCC1CC2CCC1C2)OCC1CC2CCC1C2. The maximum atomic E-state index is 13.1. The lowest BCUT2D eigenvalue weighted by Gasteiger charge is -2.28. The van der Waals surface area contributed by atoms with Crippen molar-refractivity contribution in [2.75, 3.05) is 19.8 Å². The number of rotatable bonds is 11. The van der Waals surface area contributed by atoms with Crippen molar-refractivity contribution < 1.29 is 33.7 Å². The van der Waals surface area contributed by atoms with Crippen LogP contribution in [0.3, 0.4) is 0 Å². The van der Waals surface area contributed by atoms with Crippen molar-refractivity contribution in [2.45, 2.75) is 95.5 Å². The van der Waals surface area contributed by atoms with E-state index < -0.39 is 36.4 Å². The second-order valence-corrected chi connectivity index (χ2v) is 13.7. The van der Waals surface area contributed by atoms with Crippen molar-refractivity contribution in [3.8, 4) is 0 Å². The highest BCUT2D eigenvalue weighted by Gasteiger charge is 2.47. The van der Waals surface area contributed by atoms with Gasteiger partial charge in [-0.3, -0.25) is 9.59 Å². The van der Waals surface area contributed by atoms with Crippen molar-refractivity contribution >= 4 is 17.9 Å². The molecule has 0 spiro atoms. The van der Waals surface area contributed by atoms with E-state index in [0.717, 1.165) is 31.1 Å². The molecule has 9 atom stereocenters. The molecule has 6 aliphatic carbocycles. The van der Waals surface area contributed by atoms with Gasteiger partial charge in [0.15, 0.2) is 5.60 Å². The van der Waals surface area contributed by atoms with Crippen LogP contribution in [0.15, 0.2) is 0 Å². The smallest absolute Gasteiger partial charge is 0.339 e. The van der Waals surface area contributed by atoms with Crippen molar-refractivity contribution in [1.29, 1.82) is 0 Å². The maximum Gasteiger partial charge on any atom is 0.339 e. The van der Waals surface area contributed by atoms with E-state index in [0.29, 0.717) is 54.6 Å². The first kappa shape index (κ1) is 25.6. The summed E-state index contributed by atoms with van der Waals surface area (Å²) in [5.41, 5.74) is -2.25. The molecular weight excluding hydrogens is 472 g/mol. The van der Waals surface area contributed by atoms with Gasteiger partial charge in [0, 0.05) is 0 Å². The van der Waals surface area contributed by atoms with E-state index in [1.54, 1.807) is 0 Å². The van der Waals surface area contributed by atoms with Gasteiger partial charge in [-0.05, 0) is 111 Å². The zero-order valence-electron chi connectivity index (χ0n) is 22.1. The van der Waals surface area contributed by atoms with Crippen LogP contribution in [0.5, 0.6) is 0 Å². The predicted octanol–water partition coefficient (Wildman–Crippen LogP) is 4.44. The van der Waals surface area contributed by atoms with Crippen LogP contribution in [0.1, 0.15) is 89.9 Å². The van der Waals surface area contributed by atoms with Gasteiger partial charge in [0.2, 0.25) is 0 Å². The van der Waals surface area contributed by atoms with E-state index in [1.165, 1.54) is 57.8 Å². The largest absolute Gasteiger partial charge is 0.465 e. The first-order valence-electron chi connectivity index (χ1n) is 15.1. The molecular formula is C30H44O7. The minimum Gasteiger partial charge on any atom is -0.465 e. The van der Waals surface area contributed by atoms with Crippen LogP contribution in [-0.2, 0) is 28.6 Å². The molecule has 37 heavy (non-hydrogen) atoms. The Morgan fingerprint density at radius 3 is 1.27 bits per heavy atom. The van der Waals surface area contributed by atoms with E-state index in [9.17, 15) is 19.5 Å².